The lowest BCUT2D eigenvalue weighted by Crippen LogP contribution is -2.34. The number of nitrogens with one attached hydrogen (secondary N) is 1. The van der Waals surface area contributed by atoms with Crippen molar-refractivity contribution in [1.82, 2.24) is 5.32 Å². The molecule has 1 atom stereocenters. The van der Waals surface area contributed by atoms with Crippen LogP contribution >= 0.6 is 0 Å². The highest BCUT2D eigenvalue weighted by atomic mass is 16.3. The molecule has 0 aromatic carbocycles. The van der Waals surface area contributed by atoms with Gasteiger partial charge in [0.25, 0.3) is 5.91 Å². The summed E-state index contributed by atoms with van der Waals surface area (Å²) in [6.45, 7) is 4.62. The van der Waals surface area contributed by atoms with Gasteiger partial charge in [-0.25, -0.2) is 0 Å². The summed E-state index contributed by atoms with van der Waals surface area (Å²) in [6, 6.07) is 1.97. The zero-order valence-electron chi connectivity index (χ0n) is 11.4. The van der Waals surface area contributed by atoms with Crippen molar-refractivity contribution >= 4 is 5.91 Å². The summed E-state index contributed by atoms with van der Waals surface area (Å²) in [6.07, 6.45) is 6.91. The van der Waals surface area contributed by atoms with Gasteiger partial charge in [0.05, 0.1) is 12.1 Å². The number of furan rings is 1. The van der Waals surface area contributed by atoms with Crippen molar-refractivity contribution in [3.8, 4) is 0 Å². The zero-order chi connectivity index (χ0) is 13.4. The maximum Gasteiger partial charge on any atom is 0.254 e. The molecule has 0 aliphatic carbocycles. The van der Waals surface area contributed by atoms with Crippen LogP contribution in [0.25, 0.3) is 0 Å². The summed E-state index contributed by atoms with van der Waals surface area (Å²) in [5, 5.41) is 3.07. The molecule has 1 amide bonds. The number of hydrogen-bond donors (Lipinski definition) is 2. The standard InChI is InChI=1S/C14H24N2O2/c1-3-5-7-12(6-4-2)16-14(17)11-8-13(9-15)18-10-11/h8,10,12H,3-7,9,15H2,1-2H3,(H,16,17). The molecule has 1 unspecified atom stereocenters. The Kier molecular flexibility index (Phi) is 6.50. The molecule has 0 saturated heterocycles. The van der Waals surface area contributed by atoms with Crippen molar-refractivity contribution < 1.29 is 9.21 Å². The first-order valence-electron chi connectivity index (χ1n) is 6.79. The molecule has 1 heterocycles. The van der Waals surface area contributed by atoms with E-state index in [9.17, 15) is 4.79 Å². The summed E-state index contributed by atoms with van der Waals surface area (Å²) in [4.78, 5) is 12.0. The summed E-state index contributed by atoms with van der Waals surface area (Å²) in [5.41, 5.74) is 6.02. The van der Waals surface area contributed by atoms with Crippen LogP contribution in [0.15, 0.2) is 16.7 Å². The number of hydrogen-bond acceptors (Lipinski definition) is 3. The molecule has 0 spiro atoms. The molecule has 1 rings (SSSR count). The molecule has 4 nitrogen and oxygen atoms in total. The Bertz CT molecular complexity index is 360. The molecule has 0 saturated carbocycles. The fourth-order valence-corrected chi connectivity index (χ4v) is 1.96. The lowest BCUT2D eigenvalue weighted by Gasteiger charge is -2.17. The largest absolute Gasteiger partial charge is 0.467 e. The Morgan fingerprint density at radius 1 is 1.39 bits per heavy atom. The van der Waals surface area contributed by atoms with E-state index in [-0.39, 0.29) is 11.9 Å². The molecular weight excluding hydrogens is 228 g/mol. The van der Waals surface area contributed by atoms with Gasteiger partial charge in [-0.05, 0) is 18.9 Å². The molecule has 0 aliphatic heterocycles. The number of carbonyl (C=O) groups excluding carboxylic acids is 1. The minimum absolute atomic E-state index is 0.0620. The lowest BCUT2D eigenvalue weighted by molar-refractivity contribution is 0.0931. The first-order valence-corrected chi connectivity index (χ1v) is 6.79. The average molecular weight is 252 g/mol. The second-order valence-corrected chi connectivity index (χ2v) is 4.61. The molecule has 102 valence electrons. The van der Waals surface area contributed by atoms with Crippen molar-refractivity contribution in [1.29, 1.82) is 0 Å². The predicted octanol–water partition coefficient (Wildman–Crippen LogP) is 2.83. The maximum absolute atomic E-state index is 12.0. The first-order chi connectivity index (χ1) is 8.71. The second-order valence-electron chi connectivity index (χ2n) is 4.61. The van der Waals surface area contributed by atoms with Gasteiger partial charge in [0.1, 0.15) is 12.0 Å². The van der Waals surface area contributed by atoms with Crippen LogP contribution in [0.4, 0.5) is 0 Å². The summed E-state index contributed by atoms with van der Waals surface area (Å²) in [5.74, 6) is 0.578. The fraction of sp³-hybridized carbons (Fsp3) is 0.643. The molecule has 0 radical (unpaired) electrons. The van der Waals surface area contributed by atoms with Crippen LogP contribution in [0.5, 0.6) is 0 Å². The van der Waals surface area contributed by atoms with Crippen LogP contribution in [0.3, 0.4) is 0 Å². The number of carbonyl (C=O) groups is 1. The predicted molar refractivity (Wildman–Crippen MR) is 72.3 cm³/mol. The normalized spacial score (nSPS) is 12.4. The van der Waals surface area contributed by atoms with Crippen molar-refractivity contribution in [2.24, 2.45) is 5.73 Å². The van der Waals surface area contributed by atoms with Crippen LogP contribution in [0, 0.1) is 0 Å². The van der Waals surface area contributed by atoms with Crippen LogP contribution < -0.4 is 11.1 Å². The van der Waals surface area contributed by atoms with Gasteiger partial charge >= 0.3 is 0 Å². The minimum atomic E-state index is -0.0620. The van der Waals surface area contributed by atoms with Crippen molar-refractivity contribution in [3.05, 3.63) is 23.7 Å². The van der Waals surface area contributed by atoms with Gasteiger partial charge in [-0.1, -0.05) is 33.1 Å². The molecule has 4 heteroatoms. The van der Waals surface area contributed by atoms with E-state index in [4.69, 9.17) is 10.2 Å². The molecule has 1 aromatic rings. The van der Waals surface area contributed by atoms with E-state index in [1.165, 1.54) is 6.26 Å². The van der Waals surface area contributed by atoms with Gasteiger partial charge in [-0.3, -0.25) is 4.79 Å². The topological polar surface area (TPSA) is 68.3 Å². The monoisotopic (exact) mass is 252 g/mol. The third-order valence-corrected chi connectivity index (χ3v) is 3.00. The quantitative estimate of drug-likeness (QED) is 0.747. The minimum Gasteiger partial charge on any atom is -0.467 e. The van der Waals surface area contributed by atoms with Crippen LogP contribution in [-0.4, -0.2) is 11.9 Å². The lowest BCUT2D eigenvalue weighted by atomic mass is 10.0. The molecule has 0 fully saturated rings. The Balaban J connectivity index is 2.53. The van der Waals surface area contributed by atoms with Crippen molar-refractivity contribution in [2.75, 3.05) is 0 Å². The second kappa shape index (κ2) is 7.93. The molecule has 0 bridgehead atoms. The highest BCUT2D eigenvalue weighted by Gasteiger charge is 2.14. The Hall–Kier alpha value is -1.29. The van der Waals surface area contributed by atoms with E-state index in [2.05, 4.69) is 19.2 Å². The van der Waals surface area contributed by atoms with Gasteiger partial charge in [-0.2, -0.15) is 0 Å². The molecule has 1 aromatic heterocycles. The van der Waals surface area contributed by atoms with Gasteiger partial charge < -0.3 is 15.5 Å². The smallest absolute Gasteiger partial charge is 0.254 e. The maximum atomic E-state index is 12.0. The van der Waals surface area contributed by atoms with E-state index >= 15 is 0 Å². The molecule has 18 heavy (non-hydrogen) atoms. The Morgan fingerprint density at radius 2 is 2.17 bits per heavy atom. The van der Waals surface area contributed by atoms with Gasteiger partial charge in [0.2, 0.25) is 0 Å². The SMILES string of the molecule is CCCCC(CCC)NC(=O)c1coc(CN)c1. The Labute approximate surface area is 109 Å². The van der Waals surface area contributed by atoms with Gasteiger partial charge in [-0.15, -0.1) is 0 Å². The molecule has 0 aliphatic rings. The molecule has 3 N–H and O–H groups in total. The van der Waals surface area contributed by atoms with Crippen LogP contribution in [0.2, 0.25) is 0 Å². The van der Waals surface area contributed by atoms with E-state index in [0.717, 1.165) is 32.1 Å². The molecular formula is C14H24N2O2. The summed E-state index contributed by atoms with van der Waals surface area (Å²) >= 11 is 0. The van der Waals surface area contributed by atoms with Crippen molar-refractivity contribution in [3.63, 3.8) is 0 Å². The fourth-order valence-electron chi connectivity index (χ4n) is 1.96. The van der Waals surface area contributed by atoms with Gasteiger partial charge in [0, 0.05) is 6.04 Å². The summed E-state index contributed by atoms with van der Waals surface area (Å²) < 4.78 is 5.17. The Morgan fingerprint density at radius 3 is 2.72 bits per heavy atom. The first kappa shape index (κ1) is 14.8. The highest BCUT2D eigenvalue weighted by molar-refractivity contribution is 5.94. The third-order valence-electron chi connectivity index (χ3n) is 3.00. The number of rotatable bonds is 8. The van der Waals surface area contributed by atoms with Crippen LogP contribution in [-0.2, 0) is 6.54 Å². The number of nitrogens with two attached hydrogens (primary N) is 1. The van der Waals surface area contributed by atoms with Crippen molar-refractivity contribution in [2.45, 2.75) is 58.5 Å². The van der Waals surface area contributed by atoms with Crippen LogP contribution in [0.1, 0.15) is 62.1 Å². The highest BCUT2D eigenvalue weighted by Crippen LogP contribution is 2.11. The summed E-state index contributed by atoms with van der Waals surface area (Å²) in [7, 11) is 0. The number of unbranched alkanes of at least 4 members (excludes halogenated alkanes) is 1. The average Bonchev–Trinajstić information content (AvgIpc) is 2.85. The van der Waals surface area contributed by atoms with E-state index < -0.39 is 0 Å². The van der Waals surface area contributed by atoms with E-state index in [0.29, 0.717) is 17.9 Å². The third kappa shape index (κ3) is 4.53. The van der Waals surface area contributed by atoms with Gasteiger partial charge in [0.15, 0.2) is 0 Å². The van der Waals surface area contributed by atoms with E-state index in [1.807, 2.05) is 0 Å². The van der Waals surface area contributed by atoms with E-state index in [1.54, 1.807) is 6.07 Å². The number of amides is 1. The zero-order valence-corrected chi connectivity index (χ0v) is 11.4.